The first-order chi connectivity index (χ1) is 9.37. The molecule has 0 fully saturated rings. The number of carbonyl (C=O) groups is 1. The Labute approximate surface area is 130 Å². The summed E-state index contributed by atoms with van der Waals surface area (Å²) in [6, 6.07) is 4.07. The standard InChI is InChI=1S/C16H24BrNO2/c1-16(2,3)20-15(19)9-7-5-4-6-8-14-11-10-13(17)12-18-14/h10-12H,4-9H2,1-3H3. The van der Waals surface area contributed by atoms with Gasteiger partial charge in [0.05, 0.1) is 0 Å². The number of hydrogen-bond donors (Lipinski definition) is 0. The number of unbranched alkanes of at least 4 members (excludes halogenated alkanes) is 3. The van der Waals surface area contributed by atoms with Crippen molar-refractivity contribution >= 4 is 21.9 Å². The molecule has 1 heterocycles. The molecule has 3 nitrogen and oxygen atoms in total. The van der Waals surface area contributed by atoms with Gasteiger partial charge >= 0.3 is 5.97 Å². The predicted molar refractivity (Wildman–Crippen MR) is 84.6 cm³/mol. The van der Waals surface area contributed by atoms with E-state index in [-0.39, 0.29) is 11.6 Å². The van der Waals surface area contributed by atoms with Gasteiger partial charge in [0.1, 0.15) is 5.60 Å². The van der Waals surface area contributed by atoms with E-state index in [1.807, 2.05) is 39.1 Å². The first kappa shape index (κ1) is 17.2. The minimum Gasteiger partial charge on any atom is -0.460 e. The van der Waals surface area contributed by atoms with Gasteiger partial charge in [-0.1, -0.05) is 12.8 Å². The molecule has 0 saturated heterocycles. The van der Waals surface area contributed by atoms with Crippen molar-refractivity contribution < 1.29 is 9.53 Å². The Kier molecular flexibility index (Phi) is 7.20. The molecule has 0 aliphatic heterocycles. The van der Waals surface area contributed by atoms with E-state index in [1.54, 1.807) is 0 Å². The second-order valence-corrected chi connectivity index (χ2v) is 6.88. The smallest absolute Gasteiger partial charge is 0.306 e. The number of nitrogens with zero attached hydrogens (tertiary/aromatic N) is 1. The first-order valence-corrected chi connectivity index (χ1v) is 7.98. The number of ether oxygens (including phenoxy) is 1. The highest BCUT2D eigenvalue weighted by molar-refractivity contribution is 9.10. The van der Waals surface area contributed by atoms with E-state index in [0.29, 0.717) is 6.42 Å². The third kappa shape index (κ3) is 8.31. The highest BCUT2D eigenvalue weighted by Crippen LogP contribution is 2.13. The summed E-state index contributed by atoms with van der Waals surface area (Å²) in [6.07, 6.45) is 7.56. The lowest BCUT2D eigenvalue weighted by Gasteiger charge is -2.19. The summed E-state index contributed by atoms with van der Waals surface area (Å²) in [7, 11) is 0. The highest BCUT2D eigenvalue weighted by Gasteiger charge is 2.15. The van der Waals surface area contributed by atoms with E-state index in [2.05, 4.69) is 20.9 Å². The van der Waals surface area contributed by atoms with Gasteiger partial charge in [-0.3, -0.25) is 9.78 Å². The van der Waals surface area contributed by atoms with Crippen LogP contribution in [-0.4, -0.2) is 16.6 Å². The lowest BCUT2D eigenvalue weighted by Crippen LogP contribution is -2.23. The number of aromatic nitrogens is 1. The van der Waals surface area contributed by atoms with E-state index >= 15 is 0 Å². The van der Waals surface area contributed by atoms with Gasteiger partial charge in [-0.15, -0.1) is 0 Å². The molecule has 0 saturated carbocycles. The molecule has 0 N–H and O–H groups in total. The number of hydrogen-bond acceptors (Lipinski definition) is 3. The second kappa shape index (κ2) is 8.40. The number of esters is 1. The molecular weight excluding hydrogens is 318 g/mol. The molecule has 0 aliphatic rings. The van der Waals surface area contributed by atoms with Crippen molar-refractivity contribution in [3.63, 3.8) is 0 Å². The van der Waals surface area contributed by atoms with Gasteiger partial charge in [-0.2, -0.15) is 0 Å². The van der Waals surface area contributed by atoms with Crippen molar-refractivity contribution in [3.8, 4) is 0 Å². The van der Waals surface area contributed by atoms with Gasteiger partial charge in [-0.25, -0.2) is 0 Å². The zero-order valence-corrected chi connectivity index (χ0v) is 14.2. The summed E-state index contributed by atoms with van der Waals surface area (Å²) in [5.74, 6) is -0.0907. The minimum absolute atomic E-state index is 0.0907. The average molecular weight is 342 g/mol. The second-order valence-electron chi connectivity index (χ2n) is 5.97. The Hall–Kier alpha value is -0.900. The summed E-state index contributed by atoms with van der Waals surface area (Å²) in [5, 5.41) is 0. The molecule has 0 amide bonds. The molecule has 0 aliphatic carbocycles. The minimum atomic E-state index is -0.371. The topological polar surface area (TPSA) is 39.2 Å². The summed E-state index contributed by atoms with van der Waals surface area (Å²) < 4.78 is 6.28. The molecule has 1 aromatic heterocycles. The molecule has 0 radical (unpaired) electrons. The van der Waals surface area contributed by atoms with Crippen LogP contribution in [0.4, 0.5) is 0 Å². The summed E-state index contributed by atoms with van der Waals surface area (Å²) >= 11 is 3.38. The van der Waals surface area contributed by atoms with Crippen LogP contribution in [0.15, 0.2) is 22.8 Å². The van der Waals surface area contributed by atoms with Gasteiger partial charge in [-0.05, 0) is 68.1 Å². The molecule has 0 spiro atoms. The maximum absolute atomic E-state index is 11.5. The lowest BCUT2D eigenvalue weighted by molar-refractivity contribution is -0.154. The predicted octanol–water partition coefficient (Wildman–Crippen LogP) is 4.68. The Morgan fingerprint density at radius 1 is 1.20 bits per heavy atom. The Morgan fingerprint density at radius 3 is 2.50 bits per heavy atom. The monoisotopic (exact) mass is 341 g/mol. The van der Waals surface area contributed by atoms with E-state index in [9.17, 15) is 4.79 Å². The van der Waals surface area contributed by atoms with E-state index < -0.39 is 0 Å². The molecule has 1 rings (SSSR count). The van der Waals surface area contributed by atoms with Gasteiger partial charge < -0.3 is 4.74 Å². The zero-order chi connectivity index (χ0) is 15.0. The average Bonchev–Trinajstić information content (AvgIpc) is 2.33. The van der Waals surface area contributed by atoms with Crippen LogP contribution >= 0.6 is 15.9 Å². The number of rotatable bonds is 7. The molecular formula is C16H24BrNO2. The molecule has 0 aromatic carbocycles. The van der Waals surface area contributed by atoms with Crippen LogP contribution in [0, 0.1) is 0 Å². The Morgan fingerprint density at radius 2 is 1.90 bits per heavy atom. The van der Waals surface area contributed by atoms with Crippen LogP contribution in [-0.2, 0) is 16.0 Å². The lowest BCUT2D eigenvalue weighted by atomic mass is 10.1. The molecule has 0 bridgehead atoms. The molecule has 0 atom stereocenters. The largest absolute Gasteiger partial charge is 0.460 e. The van der Waals surface area contributed by atoms with E-state index in [0.717, 1.165) is 42.3 Å². The SMILES string of the molecule is CC(C)(C)OC(=O)CCCCCCc1ccc(Br)cn1. The fourth-order valence-corrected chi connectivity index (χ4v) is 2.11. The van der Waals surface area contributed by atoms with Gasteiger partial charge in [0, 0.05) is 22.8 Å². The molecule has 4 heteroatoms. The maximum atomic E-state index is 11.5. The fourth-order valence-electron chi connectivity index (χ4n) is 1.88. The third-order valence-corrected chi connectivity index (χ3v) is 3.24. The van der Waals surface area contributed by atoms with Gasteiger partial charge in [0.15, 0.2) is 0 Å². The number of halogens is 1. The van der Waals surface area contributed by atoms with Gasteiger partial charge in [0.2, 0.25) is 0 Å². The number of aryl methyl sites for hydroxylation is 1. The van der Waals surface area contributed by atoms with Crippen molar-refractivity contribution in [2.45, 2.75) is 64.9 Å². The zero-order valence-electron chi connectivity index (χ0n) is 12.6. The van der Waals surface area contributed by atoms with E-state index in [1.165, 1.54) is 0 Å². The summed E-state index contributed by atoms with van der Waals surface area (Å²) in [4.78, 5) is 15.9. The van der Waals surface area contributed by atoms with Crippen molar-refractivity contribution in [3.05, 3.63) is 28.5 Å². The number of carbonyl (C=O) groups excluding carboxylic acids is 1. The van der Waals surface area contributed by atoms with Gasteiger partial charge in [0.25, 0.3) is 0 Å². The van der Waals surface area contributed by atoms with Crippen LogP contribution in [0.25, 0.3) is 0 Å². The van der Waals surface area contributed by atoms with Crippen LogP contribution in [0.3, 0.4) is 0 Å². The molecule has 0 unspecified atom stereocenters. The van der Waals surface area contributed by atoms with Crippen molar-refractivity contribution in [1.29, 1.82) is 0 Å². The summed E-state index contributed by atoms with van der Waals surface area (Å²) in [6.45, 7) is 5.70. The van der Waals surface area contributed by atoms with Crippen LogP contribution in [0.5, 0.6) is 0 Å². The quantitative estimate of drug-likeness (QED) is 0.533. The fraction of sp³-hybridized carbons (Fsp3) is 0.625. The normalized spacial score (nSPS) is 11.4. The summed E-state index contributed by atoms with van der Waals surface area (Å²) in [5.41, 5.74) is 0.755. The Balaban J connectivity index is 2.05. The van der Waals surface area contributed by atoms with E-state index in [4.69, 9.17) is 4.74 Å². The van der Waals surface area contributed by atoms with Crippen molar-refractivity contribution in [2.75, 3.05) is 0 Å². The van der Waals surface area contributed by atoms with Crippen LogP contribution in [0.2, 0.25) is 0 Å². The molecule has 20 heavy (non-hydrogen) atoms. The van der Waals surface area contributed by atoms with Crippen LogP contribution < -0.4 is 0 Å². The molecule has 1 aromatic rings. The Bertz CT molecular complexity index is 409. The van der Waals surface area contributed by atoms with Crippen molar-refractivity contribution in [1.82, 2.24) is 4.98 Å². The number of pyridine rings is 1. The molecule has 112 valence electrons. The highest BCUT2D eigenvalue weighted by atomic mass is 79.9. The maximum Gasteiger partial charge on any atom is 0.306 e. The van der Waals surface area contributed by atoms with Crippen LogP contribution in [0.1, 0.15) is 58.6 Å². The van der Waals surface area contributed by atoms with Crippen molar-refractivity contribution in [2.24, 2.45) is 0 Å². The first-order valence-electron chi connectivity index (χ1n) is 7.19. The third-order valence-electron chi connectivity index (χ3n) is 2.77.